The SMILES string of the molecule is C=CCCCCC(=O)N[C@H](C(C)=O)C(C)C. The van der Waals surface area contributed by atoms with E-state index in [1.54, 1.807) is 0 Å². The van der Waals surface area contributed by atoms with E-state index in [0.717, 1.165) is 19.3 Å². The quantitative estimate of drug-likeness (QED) is 0.509. The Morgan fingerprint density at radius 3 is 2.38 bits per heavy atom. The fraction of sp³-hybridized carbons (Fsp3) is 0.692. The fourth-order valence-electron chi connectivity index (χ4n) is 1.56. The normalized spacial score (nSPS) is 12.2. The van der Waals surface area contributed by atoms with E-state index >= 15 is 0 Å². The third-order valence-corrected chi connectivity index (χ3v) is 2.48. The van der Waals surface area contributed by atoms with Crippen LogP contribution >= 0.6 is 0 Å². The molecule has 0 aromatic rings. The number of nitrogens with one attached hydrogen (secondary N) is 1. The molecule has 0 saturated heterocycles. The molecule has 0 fully saturated rings. The number of rotatable bonds is 8. The first kappa shape index (κ1) is 14.9. The highest BCUT2D eigenvalue weighted by Gasteiger charge is 2.19. The zero-order valence-electron chi connectivity index (χ0n) is 10.6. The van der Waals surface area contributed by atoms with E-state index in [4.69, 9.17) is 0 Å². The third-order valence-electron chi connectivity index (χ3n) is 2.48. The van der Waals surface area contributed by atoms with Crippen LogP contribution in [0.3, 0.4) is 0 Å². The summed E-state index contributed by atoms with van der Waals surface area (Å²) in [5, 5.41) is 2.78. The van der Waals surface area contributed by atoms with Gasteiger partial charge in [-0.1, -0.05) is 19.9 Å². The van der Waals surface area contributed by atoms with E-state index in [2.05, 4.69) is 11.9 Å². The van der Waals surface area contributed by atoms with Crippen molar-refractivity contribution in [3.05, 3.63) is 12.7 Å². The minimum absolute atomic E-state index is 0.0226. The van der Waals surface area contributed by atoms with Crippen molar-refractivity contribution in [2.75, 3.05) is 0 Å². The van der Waals surface area contributed by atoms with E-state index in [-0.39, 0.29) is 23.7 Å². The van der Waals surface area contributed by atoms with Gasteiger partial charge in [-0.05, 0) is 32.1 Å². The predicted octanol–water partition coefficient (Wildman–Crippen LogP) is 2.46. The molecule has 0 spiro atoms. The first-order chi connectivity index (χ1) is 7.49. The van der Waals surface area contributed by atoms with E-state index in [9.17, 15) is 9.59 Å². The molecular weight excluding hydrogens is 202 g/mol. The average molecular weight is 225 g/mol. The molecule has 0 aliphatic carbocycles. The van der Waals surface area contributed by atoms with Crippen LogP contribution in [0.1, 0.15) is 46.5 Å². The second-order valence-corrected chi connectivity index (χ2v) is 4.43. The van der Waals surface area contributed by atoms with Gasteiger partial charge in [0.2, 0.25) is 5.91 Å². The van der Waals surface area contributed by atoms with Gasteiger partial charge >= 0.3 is 0 Å². The molecule has 0 aliphatic heterocycles. The number of allylic oxidation sites excluding steroid dienone is 1. The Morgan fingerprint density at radius 2 is 1.94 bits per heavy atom. The van der Waals surface area contributed by atoms with Crippen LogP contribution in [0.5, 0.6) is 0 Å². The van der Waals surface area contributed by atoms with Gasteiger partial charge in [-0.15, -0.1) is 6.58 Å². The summed E-state index contributed by atoms with van der Waals surface area (Å²) in [5.74, 6) is 0.141. The summed E-state index contributed by atoms with van der Waals surface area (Å²) < 4.78 is 0. The van der Waals surface area contributed by atoms with Crippen LogP contribution in [-0.4, -0.2) is 17.7 Å². The van der Waals surface area contributed by atoms with Crippen LogP contribution in [0.4, 0.5) is 0 Å². The van der Waals surface area contributed by atoms with Gasteiger partial charge in [0.05, 0.1) is 6.04 Å². The molecule has 0 aliphatic rings. The van der Waals surface area contributed by atoms with E-state index in [0.29, 0.717) is 6.42 Å². The van der Waals surface area contributed by atoms with Crippen molar-refractivity contribution in [2.45, 2.75) is 52.5 Å². The highest BCUT2D eigenvalue weighted by atomic mass is 16.2. The van der Waals surface area contributed by atoms with Gasteiger partial charge < -0.3 is 5.32 Å². The topological polar surface area (TPSA) is 46.2 Å². The molecule has 0 bridgehead atoms. The standard InChI is InChI=1S/C13H23NO2/c1-5-6-7-8-9-12(16)14-13(10(2)3)11(4)15/h5,10,13H,1,6-9H2,2-4H3,(H,14,16)/t13-/m0/s1. The van der Waals surface area contributed by atoms with Crippen molar-refractivity contribution in [3.63, 3.8) is 0 Å². The molecule has 16 heavy (non-hydrogen) atoms. The molecule has 0 aromatic heterocycles. The molecule has 0 saturated carbocycles. The lowest BCUT2D eigenvalue weighted by Gasteiger charge is -2.19. The molecule has 0 aromatic carbocycles. The molecule has 0 radical (unpaired) electrons. The number of ketones is 1. The van der Waals surface area contributed by atoms with Crippen molar-refractivity contribution < 1.29 is 9.59 Å². The lowest BCUT2D eigenvalue weighted by Crippen LogP contribution is -2.43. The Kier molecular flexibility index (Phi) is 7.52. The van der Waals surface area contributed by atoms with Crippen LogP contribution in [0.2, 0.25) is 0 Å². The summed E-state index contributed by atoms with van der Waals surface area (Å²) in [6.45, 7) is 9.01. The molecule has 1 amide bonds. The highest BCUT2D eigenvalue weighted by molar-refractivity contribution is 5.87. The van der Waals surface area contributed by atoms with Crippen LogP contribution in [0, 0.1) is 5.92 Å². The largest absolute Gasteiger partial charge is 0.346 e. The second-order valence-electron chi connectivity index (χ2n) is 4.43. The van der Waals surface area contributed by atoms with E-state index in [1.807, 2.05) is 19.9 Å². The second kappa shape index (κ2) is 8.08. The van der Waals surface area contributed by atoms with Gasteiger partial charge in [-0.25, -0.2) is 0 Å². The molecule has 92 valence electrons. The Morgan fingerprint density at radius 1 is 1.31 bits per heavy atom. The third kappa shape index (κ3) is 6.38. The van der Waals surface area contributed by atoms with Gasteiger partial charge in [0, 0.05) is 6.42 Å². The number of carbonyl (C=O) groups is 2. The number of hydrogen-bond donors (Lipinski definition) is 1. The summed E-state index contributed by atoms with van der Waals surface area (Å²) >= 11 is 0. The molecule has 1 atom stereocenters. The summed E-state index contributed by atoms with van der Waals surface area (Å²) in [6.07, 6.45) is 5.10. The van der Waals surface area contributed by atoms with E-state index < -0.39 is 0 Å². The van der Waals surface area contributed by atoms with Gasteiger partial charge in [-0.3, -0.25) is 9.59 Å². The van der Waals surface area contributed by atoms with Crippen molar-refractivity contribution >= 4 is 11.7 Å². The molecule has 0 unspecified atom stereocenters. The Hall–Kier alpha value is -1.12. The minimum Gasteiger partial charge on any atom is -0.346 e. The fourth-order valence-corrected chi connectivity index (χ4v) is 1.56. The Bertz CT molecular complexity index is 246. The Labute approximate surface area is 98.3 Å². The van der Waals surface area contributed by atoms with Gasteiger partial charge in [0.15, 0.2) is 5.78 Å². The zero-order valence-corrected chi connectivity index (χ0v) is 10.6. The number of Topliss-reactive ketones (excluding diaryl/α,β-unsaturated/α-hetero) is 1. The van der Waals surface area contributed by atoms with Gasteiger partial charge in [0.1, 0.15) is 0 Å². The van der Waals surface area contributed by atoms with Crippen LogP contribution < -0.4 is 5.32 Å². The number of amides is 1. The van der Waals surface area contributed by atoms with Gasteiger partial charge in [-0.2, -0.15) is 0 Å². The summed E-state index contributed by atoms with van der Waals surface area (Å²) in [7, 11) is 0. The first-order valence-electron chi connectivity index (χ1n) is 5.89. The van der Waals surface area contributed by atoms with Gasteiger partial charge in [0.25, 0.3) is 0 Å². The summed E-state index contributed by atoms with van der Waals surface area (Å²) in [6, 6.07) is -0.341. The van der Waals surface area contributed by atoms with Crippen LogP contribution in [0.15, 0.2) is 12.7 Å². The highest BCUT2D eigenvalue weighted by Crippen LogP contribution is 2.05. The molecule has 1 N–H and O–H groups in total. The van der Waals surface area contributed by atoms with Crippen molar-refractivity contribution in [1.29, 1.82) is 0 Å². The molecule has 0 heterocycles. The Balaban J connectivity index is 3.91. The van der Waals surface area contributed by atoms with Crippen molar-refractivity contribution in [1.82, 2.24) is 5.32 Å². The molecule has 0 rings (SSSR count). The number of carbonyl (C=O) groups excluding carboxylic acids is 2. The maximum absolute atomic E-state index is 11.5. The first-order valence-corrected chi connectivity index (χ1v) is 5.89. The smallest absolute Gasteiger partial charge is 0.220 e. The van der Waals surface area contributed by atoms with E-state index in [1.165, 1.54) is 6.92 Å². The maximum Gasteiger partial charge on any atom is 0.220 e. The molecular formula is C13H23NO2. The van der Waals surface area contributed by atoms with Crippen LogP contribution in [0.25, 0.3) is 0 Å². The van der Waals surface area contributed by atoms with Crippen molar-refractivity contribution in [2.24, 2.45) is 5.92 Å². The molecule has 3 nitrogen and oxygen atoms in total. The van der Waals surface area contributed by atoms with Crippen LogP contribution in [-0.2, 0) is 9.59 Å². The number of unbranched alkanes of at least 4 members (excludes halogenated alkanes) is 2. The van der Waals surface area contributed by atoms with Crippen molar-refractivity contribution in [3.8, 4) is 0 Å². The summed E-state index contributed by atoms with van der Waals surface area (Å²) in [4.78, 5) is 22.8. The lowest BCUT2D eigenvalue weighted by molar-refractivity contribution is -0.127. The lowest BCUT2D eigenvalue weighted by atomic mass is 10.0. The molecule has 3 heteroatoms. The number of hydrogen-bond acceptors (Lipinski definition) is 2. The maximum atomic E-state index is 11.5. The minimum atomic E-state index is -0.341. The monoisotopic (exact) mass is 225 g/mol. The average Bonchev–Trinajstić information content (AvgIpc) is 2.20. The zero-order chi connectivity index (χ0) is 12.6. The predicted molar refractivity (Wildman–Crippen MR) is 66.1 cm³/mol. The summed E-state index contributed by atoms with van der Waals surface area (Å²) in [5.41, 5.74) is 0.